The van der Waals surface area contributed by atoms with E-state index in [1.54, 1.807) is 19.9 Å². The lowest BCUT2D eigenvalue weighted by Crippen LogP contribution is -2.40. The number of nitrogens with one attached hydrogen (secondary N) is 1. The molecule has 0 saturated carbocycles. The zero-order valence-electron chi connectivity index (χ0n) is 10.4. The van der Waals surface area contributed by atoms with E-state index in [0.29, 0.717) is 11.7 Å². The minimum absolute atomic E-state index is 0.00485. The number of carboxylic acids is 1. The normalized spacial score (nSPS) is 11.4. The molecule has 1 rings (SSSR count). The van der Waals surface area contributed by atoms with E-state index in [4.69, 9.17) is 9.84 Å². The maximum absolute atomic E-state index is 11.0. The highest BCUT2D eigenvalue weighted by Gasteiger charge is 2.27. The lowest BCUT2D eigenvalue weighted by Gasteiger charge is -2.21. The number of carboxylic acid groups (broad SMARTS) is 1. The van der Waals surface area contributed by atoms with E-state index in [1.807, 2.05) is 13.8 Å². The Morgan fingerprint density at radius 1 is 1.47 bits per heavy atom. The van der Waals surface area contributed by atoms with Gasteiger partial charge in [0.25, 0.3) is 0 Å². The Morgan fingerprint density at radius 3 is 2.65 bits per heavy atom. The first-order valence-electron chi connectivity index (χ1n) is 5.31. The SMILES string of the molecule is CC(C)Oc1cc(NC(C)(C)C(=O)O)ncn1. The van der Waals surface area contributed by atoms with E-state index in [1.165, 1.54) is 6.33 Å². The van der Waals surface area contributed by atoms with Crippen molar-refractivity contribution >= 4 is 11.8 Å². The van der Waals surface area contributed by atoms with Crippen LogP contribution in [0.2, 0.25) is 0 Å². The maximum atomic E-state index is 11.0. The summed E-state index contributed by atoms with van der Waals surface area (Å²) >= 11 is 0. The first kappa shape index (κ1) is 13.2. The molecule has 0 aliphatic rings. The molecule has 0 unspecified atom stereocenters. The zero-order valence-corrected chi connectivity index (χ0v) is 10.4. The van der Waals surface area contributed by atoms with Gasteiger partial charge in [-0.15, -0.1) is 0 Å². The smallest absolute Gasteiger partial charge is 0.328 e. The van der Waals surface area contributed by atoms with Crippen LogP contribution in [-0.4, -0.2) is 32.7 Å². The number of anilines is 1. The van der Waals surface area contributed by atoms with Crippen LogP contribution >= 0.6 is 0 Å². The molecule has 0 aliphatic carbocycles. The highest BCUT2D eigenvalue weighted by Crippen LogP contribution is 2.17. The molecule has 6 nitrogen and oxygen atoms in total. The molecule has 1 aromatic heterocycles. The van der Waals surface area contributed by atoms with Gasteiger partial charge < -0.3 is 15.2 Å². The monoisotopic (exact) mass is 239 g/mol. The number of carbonyl (C=O) groups is 1. The van der Waals surface area contributed by atoms with Crippen LogP contribution in [0.15, 0.2) is 12.4 Å². The van der Waals surface area contributed by atoms with Gasteiger partial charge in [-0.05, 0) is 27.7 Å². The molecular formula is C11H17N3O3. The molecule has 0 spiro atoms. The molecule has 0 bridgehead atoms. The van der Waals surface area contributed by atoms with Gasteiger partial charge in [0.2, 0.25) is 5.88 Å². The number of hydrogen-bond donors (Lipinski definition) is 2. The highest BCUT2D eigenvalue weighted by atomic mass is 16.5. The molecule has 0 amide bonds. The Morgan fingerprint density at radius 2 is 2.12 bits per heavy atom. The van der Waals surface area contributed by atoms with Gasteiger partial charge in [-0.2, -0.15) is 0 Å². The summed E-state index contributed by atoms with van der Waals surface area (Å²) in [6.07, 6.45) is 1.34. The van der Waals surface area contributed by atoms with Crippen LogP contribution in [0, 0.1) is 0 Å². The molecule has 0 aromatic carbocycles. The summed E-state index contributed by atoms with van der Waals surface area (Å²) in [6, 6.07) is 1.57. The Hall–Kier alpha value is -1.85. The van der Waals surface area contributed by atoms with Gasteiger partial charge in [0, 0.05) is 6.07 Å². The van der Waals surface area contributed by atoms with Gasteiger partial charge >= 0.3 is 5.97 Å². The molecule has 94 valence electrons. The van der Waals surface area contributed by atoms with Crippen LogP contribution in [0.3, 0.4) is 0 Å². The molecule has 0 atom stereocenters. The van der Waals surface area contributed by atoms with Crippen molar-refractivity contribution in [2.24, 2.45) is 0 Å². The van der Waals surface area contributed by atoms with Crippen molar-refractivity contribution in [2.45, 2.75) is 39.3 Å². The van der Waals surface area contributed by atoms with Crippen molar-refractivity contribution in [3.63, 3.8) is 0 Å². The molecule has 0 aliphatic heterocycles. The second kappa shape index (κ2) is 4.99. The first-order valence-corrected chi connectivity index (χ1v) is 5.31. The molecule has 0 radical (unpaired) electrons. The minimum atomic E-state index is -1.09. The second-order valence-electron chi connectivity index (χ2n) is 4.46. The van der Waals surface area contributed by atoms with Gasteiger partial charge in [0.05, 0.1) is 6.10 Å². The fourth-order valence-electron chi connectivity index (χ4n) is 1.09. The number of rotatable bonds is 5. The number of aliphatic carboxylic acids is 1. The largest absolute Gasteiger partial charge is 0.480 e. The van der Waals surface area contributed by atoms with E-state index < -0.39 is 11.5 Å². The van der Waals surface area contributed by atoms with Crippen LogP contribution in [0.1, 0.15) is 27.7 Å². The molecular weight excluding hydrogens is 222 g/mol. The lowest BCUT2D eigenvalue weighted by molar-refractivity contribution is -0.141. The predicted octanol–water partition coefficient (Wildman–Crippen LogP) is 1.54. The van der Waals surface area contributed by atoms with E-state index in [0.717, 1.165) is 0 Å². The fraction of sp³-hybridized carbons (Fsp3) is 0.545. The van der Waals surface area contributed by atoms with Gasteiger partial charge in [-0.3, -0.25) is 0 Å². The predicted molar refractivity (Wildman–Crippen MR) is 63.1 cm³/mol. The van der Waals surface area contributed by atoms with Crippen molar-refractivity contribution in [3.8, 4) is 5.88 Å². The maximum Gasteiger partial charge on any atom is 0.328 e. The number of hydrogen-bond acceptors (Lipinski definition) is 5. The second-order valence-corrected chi connectivity index (χ2v) is 4.46. The minimum Gasteiger partial charge on any atom is -0.480 e. The third kappa shape index (κ3) is 3.90. The van der Waals surface area contributed by atoms with Gasteiger partial charge in [-0.25, -0.2) is 14.8 Å². The molecule has 1 heterocycles. The third-order valence-electron chi connectivity index (χ3n) is 1.97. The van der Waals surface area contributed by atoms with Crippen molar-refractivity contribution < 1.29 is 14.6 Å². The Bertz CT molecular complexity index is 405. The van der Waals surface area contributed by atoms with Crippen molar-refractivity contribution in [3.05, 3.63) is 12.4 Å². The van der Waals surface area contributed by atoms with Crippen LogP contribution in [0.5, 0.6) is 5.88 Å². The molecule has 17 heavy (non-hydrogen) atoms. The van der Waals surface area contributed by atoms with Crippen molar-refractivity contribution in [1.82, 2.24) is 9.97 Å². The van der Waals surface area contributed by atoms with Crippen LogP contribution in [0.25, 0.3) is 0 Å². The summed E-state index contributed by atoms with van der Waals surface area (Å²) in [4.78, 5) is 18.8. The molecule has 6 heteroatoms. The first-order chi connectivity index (χ1) is 7.81. The molecule has 0 fully saturated rings. The highest BCUT2D eigenvalue weighted by molar-refractivity contribution is 5.81. The standard InChI is InChI=1S/C11H17N3O3/c1-7(2)17-9-5-8(12-6-13-9)14-11(3,4)10(15)16/h5-7H,1-4H3,(H,15,16)(H,12,13,14). The summed E-state index contributed by atoms with van der Waals surface area (Å²) < 4.78 is 5.39. The van der Waals surface area contributed by atoms with Crippen LogP contribution in [0.4, 0.5) is 5.82 Å². The van der Waals surface area contributed by atoms with E-state index in [9.17, 15) is 4.79 Å². The average molecular weight is 239 g/mol. The van der Waals surface area contributed by atoms with E-state index >= 15 is 0 Å². The fourth-order valence-corrected chi connectivity index (χ4v) is 1.09. The number of nitrogens with zero attached hydrogens (tertiary/aromatic N) is 2. The lowest BCUT2D eigenvalue weighted by atomic mass is 10.1. The number of ether oxygens (including phenoxy) is 1. The van der Waals surface area contributed by atoms with Gasteiger partial charge in [-0.1, -0.05) is 0 Å². The van der Waals surface area contributed by atoms with E-state index in [-0.39, 0.29) is 6.10 Å². The van der Waals surface area contributed by atoms with Gasteiger partial charge in [0.15, 0.2) is 0 Å². The Labute approximate surface area is 100 Å². The molecule has 1 aromatic rings. The summed E-state index contributed by atoms with van der Waals surface area (Å²) in [5.41, 5.74) is -1.09. The third-order valence-corrected chi connectivity index (χ3v) is 1.97. The van der Waals surface area contributed by atoms with E-state index in [2.05, 4.69) is 15.3 Å². The molecule has 0 saturated heterocycles. The van der Waals surface area contributed by atoms with Crippen LogP contribution < -0.4 is 10.1 Å². The summed E-state index contributed by atoms with van der Waals surface area (Å²) in [5, 5.41) is 11.8. The Balaban J connectivity index is 2.82. The molecule has 2 N–H and O–H groups in total. The zero-order chi connectivity index (χ0) is 13.1. The number of aromatic nitrogens is 2. The van der Waals surface area contributed by atoms with Crippen molar-refractivity contribution in [1.29, 1.82) is 0 Å². The van der Waals surface area contributed by atoms with Crippen molar-refractivity contribution in [2.75, 3.05) is 5.32 Å². The summed E-state index contributed by atoms with van der Waals surface area (Å²) in [7, 11) is 0. The Kier molecular flexibility index (Phi) is 3.88. The van der Waals surface area contributed by atoms with Gasteiger partial charge in [0.1, 0.15) is 17.7 Å². The van der Waals surface area contributed by atoms with Crippen LogP contribution in [-0.2, 0) is 4.79 Å². The summed E-state index contributed by atoms with van der Waals surface area (Å²) in [6.45, 7) is 6.88. The summed E-state index contributed by atoms with van der Waals surface area (Å²) in [5.74, 6) is -0.121. The quantitative estimate of drug-likeness (QED) is 0.810. The topological polar surface area (TPSA) is 84.3 Å². The average Bonchev–Trinajstić information content (AvgIpc) is 2.15.